The van der Waals surface area contributed by atoms with E-state index in [9.17, 15) is 0 Å². The van der Waals surface area contributed by atoms with Crippen LogP contribution in [0.1, 0.15) is 31.4 Å². The third kappa shape index (κ3) is 2.82. The minimum absolute atomic E-state index is 0.0356. The average Bonchev–Trinajstić information content (AvgIpc) is 2.39. The molecule has 0 aliphatic carbocycles. The molecule has 1 fully saturated rings. The Morgan fingerprint density at radius 1 is 1.50 bits per heavy atom. The van der Waals surface area contributed by atoms with Crippen molar-refractivity contribution in [2.45, 2.75) is 31.8 Å². The minimum atomic E-state index is 0.0356. The van der Waals surface area contributed by atoms with Gasteiger partial charge in [0, 0.05) is 36.9 Å². The highest BCUT2D eigenvalue weighted by molar-refractivity contribution is 5.48. The topological polar surface area (TPSA) is 45.4 Å². The molecule has 1 aromatic rings. The zero-order valence-corrected chi connectivity index (χ0v) is 11.6. The first-order valence-electron chi connectivity index (χ1n) is 6.71. The predicted octanol–water partition coefficient (Wildman–Crippen LogP) is 1.63. The lowest BCUT2D eigenvalue weighted by molar-refractivity contribution is 0.257. The Labute approximate surface area is 110 Å². The Morgan fingerprint density at radius 2 is 2.28 bits per heavy atom. The highest BCUT2D eigenvalue weighted by Gasteiger charge is 2.24. The van der Waals surface area contributed by atoms with E-state index in [1.165, 1.54) is 12.8 Å². The van der Waals surface area contributed by atoms with Crippen LogP contribution in [0.4, 0.5) is 5.82 Å². The molecule has 0 bridgehead atoms. The molecule has 1 unspecified atom stereocenters. The summed E-state index contributed by atoms with van der Waals surface area (Å²) in [4.78, 5) is 9.23. The summed E-state index contributed by atoms with van der Waals surface area (Å²) in [6, 6.07) is 4.71. The summed E-state index contributed by atoms with van der Waals surface area (Å²) in [6.07, 6.45) is 4.35. The molecule has 1 aromatic heterocycles. The van der Waals surface area contributed by atoms with E-state index >= 15 is 0 Å². The van der Waals surface area contributed by atoms with Gasteiger partial charge >= 0.3 is 0 Å². The molecule has 0 amide bonds. The molecule has 100 valence electrons. The van der Waals surface area contributed by atoms with Crippen LogP contribution in [0.5, 0.6) is 0 Å². The molecular formula is C14H24N4. The third-order valence-electron chi connectivity index (χ3n) is 3.73. The quantitative estimate of drug-likeness (QED) is 0.883. The summed E-state index contributed by atoms with van der Waals surface area (Å²) >= 11 is 0. The molecule has 0 saturated carbocycles. The van der Waals surface area contributed by atoms with Crippen molar-refractivity contribution in [3.05, 3.63) is 23.9 Å². The normalized spacial score (nSPS) is 22.3. The Kier molecular flexibility index (Phi) is 4.19. The Morgan fingerprint density at radius 3 is 2.94 bits per heavy atom. The smallest absolute Gasteiger partial charge is 0.133 e. The molecular weight excluding hydrogens is 224 g/mol. The average molecular weight is 248 g/mol. The van der Waals surface area contributed by atoms with E-state index in [0.717, 1.165) is 24.5 Å². The second-order valence-electron chi connectivity index (χ2n) is 5.41. The van der Waals surface area contributed by atoms with Gasteiger partial charge in [-0.15, -0.1) is 0 Å². The fourth-order valence-corrected chi connectivity index (χ4v) is 2.60. The highest BCUT2D eigenvalue weighted by atomic mass is 15.2. The number of aromatic nitrogens is 1. The van der Waals surface area contributed by atoms with E-state index in [-0.39, 0.29) is 6.04 Å². The Balaban J connectivity index is 2.20. The number of nitrogens with two attached hydrogens (primary N) is 1. The summed E-state index contributed by atoms with van der Waals surface area (Å²) in [5, 5.41) is 0. The zero-order valence-electron chi connectivity index (χ0n) is 11.6. The maximum atomic E-state index is 6.04. The fourth-order valence-electron chi connectivity index (χ4n) is 2.60. The van der Waals surface area contributed by atoms with Crippen LogP contribution in [0.3, 0.4) is 0 Å². The van der Waals surface area contributed by atoms with Gasteiger partial charge in [-0.1, -0.05) is 6.07 Å². The van der Waals surface area contributed by atoms with Crippen LogP contribution < -0.4 is 10.6 Å². The number of likely N-dealkylation sites (N-methyl/N-ethyl adjacent to an activating group) is 1. The summed E-state index contributed by atoms with van der Waals surface area (Å²) in [7, 11) is 4.30. The number of pyridine rings is 1. The lowest BCUT2D eigenvalue weighted by Crippen LogP contribution is -2.45. The van der Waals surface area contributed by atoms with Gasteiger partial charge < -0.3 is 15.5 Å². The van der Waals surface area contributed by atoms with E-state index in [1.807, 2.05) is 19.2 Å². The predicted molar refractivity (Wildman–Crippen MR) is 75.8 cm³/mol. The number of anilines is 1. The van der Waals surface area contributed by atoms with Gasteiger partial charge in [0.2, 0.25) is 0 Å². The van der Waals surface area contributed by atoms with E-state index in [0.29, 0.717) is 6.04 Å². The lowest BCUT2D eigenvalue weighted by atomic mass is 10.0. The largest absolute Gasteiger partial charge is 0.355 e. The van der Waals surface area contributed by atoms with Crippen LogP contribution in [0.2, 0.25) is 0 Å². The number of hydrogen-bond donors (Lipinski definition) is 1. The summed E-state index contributed by atoms with van der Waals surface area (Å²) in [5.41, 5.74) is 7.19. The number of piperidine rings is 1. The maximum absolute atomic E-state index is 6.04. The van der Waals surface area contributed by atoms with Crippen molar-refractivity contribution in [2.24, 2.45) is 5.73 Å². The zero-order chi connectivity index (χ0) is 13.1. The van der Waals surface area contributed by atoms with Gasteiger partial charge in [-0.3, -0.25) is 0 Å². The summed E-state index contributed by atoms with van der Waals surface area (Å²) in [5.74, 6) is 1.07. The van der Waals surface area contributed by atoms with Crippen LogP contribution in [0, 0.1) is 0 Å². The number of rotatable bonds is 3. The van der Waals surface area contributed by atoms with Crippen LogP contribution in [0.25, 0.3) is 0 Å². The Bertz CT molecular complexity index is 389. The van der Waals surface area contributed by atoms with Crippen molar-refractivity contribution in [3.8, 4) is 0 Å². The van der Waals surface area contributed by atoms with Crippen LogP contribution >= 0.6 is 0 Å². The van der Waals surface area contributed by atoms with E-state index in [4.69, 9.17) is 5.73 Å². The monoisotopic (exact) mass is 248 g/mol. The van der Waals surface area contributed by atoms with Gasteiger partial charge in [0.05, 0.1) is 0 Å². The third-order valence-corrected chi connectivity index (χ3v) is 3.73. The maximum Gasteiger partial charge on any atom is 0.133 e. The molecule has 2 rings (SSSR count). The molecule has 2 heterocycles. The first-order valence-corrected chi connectivity index (χ1v) is 6.71. The van der Waals surface area contributed by atoms with Crippen molar-refractivity contribution >= 4 is 5.82 Å². The molecule has 1 saturated heterocycles. The molecule has 2 atom stereocenters. The van der Waals surface area contributed by atoms with E-state index in [2.05, 4.69) is 34.9 Å². The van der Waals surface area contributed by atoms with Crippen molar-refractivity contribution in [2.75, 3.05) is 32.1 Å². The molecule has 1 aliphatic heterocycles. The molecule has 0 aromatic carbocycles. The van der Waals surface area contributed by atoms with Gasteiger partial charge in [-0.05, 0) is 39.9 Å². The fraction of sp³-hybridized carbons (Fsp3) is 0.643. The van der Waals surface area contributed by atoms with Gasteiger partial charge in [-0.25, -0.2) is 4.98 Å². The first kappa shape index (κ1) is 13.3. The van der Waals surface area contributed by atoms with E-state index < -0.39 is 0 Å². The molecule has 0 spiro atoms. The highest BCUT2D eigenvalue weighted by Crippen LogP contribution is 2.26. The second-order valence-corrected chi connectivity index (χ2v) is 5.41. The van der Waals surface area contributed by atoms with Crippen LogP contribution in [-0.2, 0) is 0 Å². The molecule has 0 radical (unpaired) electrons. The van der Waals surface area contributed by atoms with Gasteiger partial charge in [-0.2, -0.15) is 0 Å². The first-order chi connectivity index (χ1) is 8.59. The summed E-state index contributed by atoms with van der Waals surface area (Å²) < 4.78 is 0. The van der Waals surface area contributed by atoms with Crippen molar-refractivity contribution in [1.82, 2.24) is 9.88 Å². The number of hydrogen-bond acceptors (Lipinski definition) is 4. The van der Waals surface area contributed by atoms with Crippen LogP contribution in [-0.4, -0.2) is 43.1 Å². The lowest BCUT2D eigenvalue weighted by Gasteiger charge is -2.37. The Hall–Kier alpha value is -1.13. The van der Waals surface area contributed by atoms with Crippen molar-refractivity contribution < 1.29 is 0 Å². The minimum Gasteiger partial charge on any atom is -0.355 e. The van der Waals surface area contributed by atoms with Crippen molar-refractivity contribution in [3.63, 3.8) is 0 Å². The molecule has 4 nitrogen and oxygen atoms in total. The van der Waals surface area contributed by atoms with Gasteiger partial charge in [0.1, 0.15) is 5.82 Å². The standard InChI is InChI=1S/C14H24N4/c1-11(15)13-7-4-8-16-14(13)18-9-5-6-12(10-18)17(2)3/h4,7-8,11-12H,5-6,9-10,15H2,1-3H3/t11-,12?/m0/s1. The second kappa shape index (κ2) is 5.67. The molecule has 4 heteroatoms. The van der Waals surface area contributed by atoms with E-state index in [1.54, 1.807) is 0 Å². The SMILES string of the molecule is C[C@H](N)c1cccnc1N1CCCC(N(C)C)C1. The summed E-state index contributed by atoms with van der Waals surface area (Å²) in [6.45, 7) is 4.15. The van der Waals surface area contributed by atoms with Gasteiger partial charge in [0.15, 0.2) is 0 Å². The van der Waals surface area contributed by atoms with Gasteiger partial charge in [0.25, 0.3) is 0 Å². The van der Waals surface area contributed by atoms with Crippen molar-refractivity contribution in [1.29, 1.82) is 0 Å². The molecule has 1 aliphatic rings. The molecule has 2 N–H and O–H groups in total. The molecule has 18 heavy (non-hydrogen) atoms. The van der Waals surface area contributed by atoms with Crippen LogP contribution in [0.15, 0.2) is 18.3 Å². The number of nitrogens with zero attached hydrogens (tertiary/aromatic N) is 3.